The maximum atomic E-state index is 13.1. The van der Waals surface area contributed by atoms with Gasteiger partial charge in [-0.3, -0.25) is 9.10 Å². The van der Waals surface area contributed by atoms with E-state index in [-0.39, 0.29) is 17.3 Å². The Labute approximate surface area is 146 Å². The van der Waals surface area contributed by atoms with Crippen LogP contribution in [0.2, 0.25) is 0 Å². The molecule has 0 aliphatic carbocycles. The molecule has 0 spiro atoms. The first kappa shape index (κ1) is 17.4. The third-order valence-corrected chi connectivity index (χ3v) is 6.13. The highest BCUT2D eigenvalue weighted by molar-refractivity contribution is 7.92. The van der Waals surface area contributed by atoms with Crippen LogP contribution in [0.5, 0.6) is 0 Å². The topological polar surface area (TPSA) is 57.7 Å². The molecule has 2 aromatic carbocycles. The molecule has 132 valence electrons. The van der Waals surface area contributed by atoms with Crippen molar-refractivity contribution < 1.29 is 17.6 Å². The minimum Gasteiger partial charge on any atom is -0.312 e. The molecule has 3 rings (SSSR count). The monoisotopic (exact) mass is 362 g/mol. The zero-order valence-electron chi connectivity index (χ0n) is 13.9. The van der Waals surface area contributed by atoms with Crippen LogP contribution in [-0.4, -0.2) is 27.4 Å². The summed E-state index contributed by atoms with van der Waals surface area (Å²) >= 11 is 0. The quantitative estimate of drug-likeness (QED) is 0.821. The summed E-state index contributed by atoms with van der Waals surface area (Å²) in [6.07, 6.45) is 1.33. The van der Waals surface area contributed by atoms with Crippen molar-refractivity contribution in [2.24, 2.45) is 0 Å². The lowest BCUT2D eigenvalue weighted by Gasteiger charge is -2.23. The van der Waals surface area contributed by atoms with Gasteiger partial charge >= 0.3 is 0 Å². The molecule has 1 heterocycles. The molecule has 0 saturated carbocycles. The van der Waals surface area contributed by atoms with E-state index in [2.05, 4.69) is 0 Å². The van der Waals surface area contributed by atoms with E-state index in [1.807, 2.05) is 0 Å². The van der Waals surface area contributed by atoms with Crippen LogP contribution in [-0.2, 0) is 14.8 Å². The molecule has 2 aromatic rings. The minimum absolute atomic E-state index is 0.0529. The smallest absolute Gasteiger partial charge is 0.264 e. The SMILES string of the molecule is CCN(c1ccc(F)cc1)S(=O)(=O)c1ccc(N2CCCC2=O)cc1. The number of amides is 1. The van der Waals surface area contributed by atoms with E-state index >= 15 is 0 Å². The van der Waals surface area contributed by atoms with Crippen molar-refractivity contribution >= 4 is 27.3 Å². The Morgan fingerprint density at radius 3 is 2.24 bits per heavy atom. The highest BCUT2D eigenvalue weighted by Crippen LogP contribution is 2.27. The standard InChI is InChI=1S/C18H19FN2O3S/c1-2-21(16-7-5-14(19)6-8-16)25(23,24)17-11-9-15(10-12-17)20-13-3-4-18(20)22/h5-12H,2-4,13H2,1H3. The molecule has 0 atom stereocenters. The third kappa shape index (κ3) is 3.37. The van der Waals surface area contributed by atoms with Crippen LogP contribution in [0.25, 0.3) is 0 Å². The summed E-state index contributed by atoms with van der Waals surface area (Å²) in [7, 11) is -3.76. The van der Waals surface area contributed by atoms with E-state index in [1.165, 1.54) is 40.7 Å². The Morgan fingerprint density at radius 2 is 1.72 bits per heavy atom. The highest BCUT2D eigenvalue weighted by Gasteiger charge is 2.25. The third-order valence-electron chi connectivity index (χ3n) is 4.21. The normalized spacial score (nSPS) is 14.8. The van der Waals surface area contributed by atoms with Crippen molar-refractivity contribution in [2.75, 3.05) is 22.3 Å². The van der Waals surface area contributed by atoms with Crippen molar-refractivity contribution in [3.05, 3.63) is 54.3 Å². The molecule has 1 aliphatic rings. The highest BCUT2D eigenvalue weighted by atomic mass is 32.2. The molecule has 0 bridgehead atoms. The summed E-state index contributed by atoms with van der Waals surface area (Å²) in [6.45, 7) is 2.60. The molecular formula is C18H19FN2O3S. The molecule has 0 aromatic heterocycles. The van der Waals surface area contributed by atoms with Crippen molar-refractivity contribution in [3.63, 3.8) is 0 Å². The predicted octanol–water partition coefficient (Wildman–Crippen LogP) is 3.17. The van der Waals surface area contributed by atoms with Crippen molar-refractivity contribution in [2.45, 2.75) is 24.7 Å². The largest absolute Gasteiger partial charge is 0.312 e. The van der Waals surface area contributed by atoms with Crippen LogP contribution in [0.4, 0.5) is 15.8 Å². The van der Waals surface area contributed by atoms with Crippen LogP contribution in [0.1, 0.15) is 19.8 Å². The molecule has 0 radical (unpaired) electrons. The molecule has 1 fully saturated rings. The molecular weight excluding hydrogens is 343 g/mol. The summed E-state index contributed by atoms with van der Waals surface area (Å²) in [5.74, 6) is -0.367. The Balaban J connectivity index is 1.90. The lowest BCUT2D eigenvalue weighted by molar-refractivity contribution is -0.117. The number of rotatable bonds is 5. The molecule has 1 amide bonds. The lowest BCUT2D eigenvalue weighted by atomic mass is 10.3. The molecule has 7 heteroatoms. The molecule has 0 unspecified atom stereocenters. The number of benzene rings is 2. The zero-order valence-corrected chi connectivity index (χ0v) is 14.7. The maximum Gasteiger partial charge on any atom is 0.264 e. The number of anilines is 2. The van der Waals surface area contributed by atoms with Crippen LogP contribution in [0, 0.1) is 5.82 Å². The lowest BCUT2D eigenvalue weighted by Crippen LogP contribution is -2.31. The van der Waals surface area contributed by atoms with Crippen LogP contribution in [0.3, 0.4) is 0 Å². The molecule has 25 heavy (non-hydrogen) atoms. The Kier molecular flexibility index (Phi) is 4.76. The van der Waals surface area contributed by atoms with Gasteiger partial charge in [0, 0.05) is 25.2 Å². The predicted molar refractivity (Wildman–Crippen MR) is 94.6 cm³/mol. The maximum absolute atomic E-state index is 13.1. The molecule has 5 nitrogen and oxygen atoms in total. The van der Waals surface area contributed by atoms with Crippen molar-refractivity contribution in [1.82, 2.24) is 0 Å². The average molecular weight is 362 g/mol. The Morgan fingerprint density at radius 1 is 1.08 bits per heavy atom. The van der Waals surface area contributed by atoms with E-state index in [1.54, 1.807) is 24.0 Å². The van der Waals surface area contributed by atoms with E-state index < -0.39 is 15.8 Å². The first-order valence-corrected chi connectivity index (χ1v) is 9.56. The number of nitrogens with zero attached hydrogens (tertiary/aromatic N) is 2. The second-order valence-corrected chi connectivity index (χ2v) is 7.65. The number of halogens is 1. The molecule has 0 N–H and O–H groups in total. The Hall–Kier alpha value is -2.41. The summed E-state index contributed by atoms with van der Waals surface area (Å²) in [4.78, 5) is 13.6. The zero-order chi connectivity index (χ0) is 18.0. The van der Waals surface area contributed by atoms with E-state index in [9.17, 15) is 17.6 Å². The van der Waals surface area contributed by atoms with Gasteiger partial charge < -0.3 is 4.90 Å². The van der Waals surface area contributed by atoms with Crippen molar-refractivity contribution in [1.29, 1.82) is 0 Å². The van der Waals surface area contributed by atoms with Gasteiger partial charge in [-0.05, 0) is 61.9 Å². The van der Waals surface area contributed by atoms with E-state index in [0.717, 1.165) is 6.42 Å². The minimum atomic E-state index is -3.76. The fraction of sp³-hybridized carbons (Fsp3) is 0.278. The molecule has 1 saturated heterocycles. The van der Waals surface area contributed by atoms with Gasteiger partial charge in [0.05, 0.1) is 10.6 Å². The number of hydrogen-bond acceptors (Lipinski definition) is 3. The van der Waals surface area contributed by atoms with Crippen LogP contribution in [0.15, 0.2) is 53.4 Å². The van der Waals surface area contributed by atoms with E-state index in [4.69, 9.17) is 0 Å². The summed E-state index contributed by atoms with van der Waals surface area (Å²) in [5, 5.41) is 0. The van der Waals surface area contributed by atoms with Gasteiger partial charge in [-0.1, -0.05) is 0 Å². The van der Waals surface area contributed by atoms with Gasteiger partial charge in [-0.25, -0.2) is 12.8 Å². The summed E-state index contributed by atoms with van der Waals surface area (Å²) in [6, 6.07) is 11.6. The summed E-state index contributed by atoms with van der Waals surface area (Å²) < 4.78 is 40.1. The van der Waals surface area contributed by atoms with Crippen molar-refractivity contribution in [3.8, 4) is 0 Å². The fourth-order valence-corrected chi connectivity index (χ4v) is 4.42. The number of carbonyl (C=O) groups excluding carboxylic acids is 1. The fourth-order valence-electron chi connectivity index (χ4n) is 2.95. The van der Waals surface area contributed by atoms with Crippen LogP contribution >= 0.6 is 0 Å². The second-order valence-electron chi connectivity index (χ2n) is 5.79. The van der Waals surface area contributed by atoms with Gasteiger partial charge in [0.1, 0.15) is 5.82 Å². The average Bonchev–Trinajstić information content (AvgIpc) is 3.03. The van der Waals surface area contributed by atoms with Gasteiger partial charge in [0.2, 0.25) is 5.91 Å². The second kappa shape index (κ2) is 6.84. The van der Waals surface area contributed by atoms with Gasteiger partial charge in [0.15, 0.2) is 0 Å². The Bertz CT molecular complexity index is 864. The first-order chi connectivity index (χ1) is 11.9. The van der Waals surface area contributed by atoms with Gasteiger partial charge in [-0.15, -0.1) is 0 Å². The van der Waals surface area contributed by atoms with Gasteiger partial charge in [-0.2, -0.15) is 0 Å². The first-order valence-electron chi connectivity index (χ1n) is 8.12. The number of sulfonamides is 1. The van der Waals surface area contributed by atoms with E-state index in [0.29, 0.717) is 24.3 Å². The molecule has 1 aliphatic heterocycles. The summed E-state index contributed by atoms with van der Waals surface area (Å²) in [5.41, 5.74) is 1.11. The van der Waals surface area contributed by atoms with Crippen LogP contribution < -0.4 is 9.21 Å². The number of carbonyl (C=O) groups is 1. The number of hydrogen-bond donors (Lipinski definition) is 0. The van der Waals surface area contributed by atoms with Gasteiger partial charge in [0.25, 0.3) is 10.0 Å².